The molecule has 0 radical (unpaired) electrons. The molecule has 0 saturated carbocycles. The molecule has 1 saturated heterocycles. The summed E-state index contributed by atoms with van der Waals surface area (Å²) < 4.78 is 41.1. The van der Waals surface area contributed by atoms with Gasteiger partial charge in [0.25, 0.3) is 15.9 Å². The third-order valence-corrected chi connectivity index (χ3v) is 6.92. The first kappa shape index (κ1) is 21.8. The molecule has 3 aromatic carbocycles. The highest BCUT2D eigenvalue weighted by Gasteiger charge is 2.23. The van der Waals surface area contributed by atoms with Crippen molar-refractivity contribution in [3.05, 3.63) is 89.7 Å². The lowest BCUT2D eigenvalue weighted by atomic mass is 10.1. The molecule has 166 valence electrons. The maximum atomic E-state index is 13.2. The number of carbonyl (C=O) groups is 1. The van der Waals surface area contributed by atoms with Crippen molar-refractivity contribution in [3.63, 3.8) is 0 Å². The van der Waals surface area contributed by atoms with Gasteiger partial charge in [-0.1, -0.05) is 24.3 Å². The minimum absolute atomic E-state index is 0.149. The number of hydrogen-bond acceptors (Lipinski definition) is 4. The van der Waals surface area contributed by atoms with Crippen molar-refractivity contribution in [2.75, 3.05) is 35.8 Å². The molecular formula is C24H24FN3O3S. The molecule has 1 heterocycles. The van der Waals surface area contributed by atoms with Gasteiger partial charge in [0, 0.05) is 37.4 Å². The predicted octanol–water partition coefficient (Wildman–Crippen LogP) is 3.90. The lowest BCUT2D eigenvalue weighted by Crippen LogP contribution is -2.48. The Morgan fingerprint density at radius 2 is 1.56 bits per heavy atom. The maximum absolute atomic E-state index is 13.2. The molecule has 1 fully saturated rings. The van der Waals surface area contributed by atoms with E-state index in [1.807, 2.05) is 0 Å². The maximum Gasteiger partial charge on any atom is 0.261 e. The highest BCUT2D eigenvalue weighted by Crippen LogP contribution is 2.23. The summed E-state index contributed by atoms with van der Waals surface area (Å²) >= 11 is 0. The number of halogens is 1. The molecule has 1 aliphatic rings. The van der Waals surface area contributed by atoms with E-state index >= 15 is 0 Å². The highest BCUT2D eigenvalue weighted by atomic mass is 32.2. The SMILES string of the molecule is Cc1ccc(C(=O)N2CCN(c3ccc(F)cc3)CC2)cc1NS(=O)(=O)c1ccccc1. The minimum Gasteiger partial charge on any atom is -0.368 e. The van der Waals surface area contributed by atoms with E-state index in [1.54, 1.807) is 60.4 Å². The Morgan fingerprint density at radius 3 is 2.22 bits per heavy atom. The van der Waals surface area contributed by atoms with Gasteiger partial charge < -0.3 is 9.80 Å². The fourth-order valence-corrected chi connectivity index (χ4v) is 4.81. The van der Waals surface area contributed by atoms with E-state index < -0.39 is 10.0 Å². The summed E-state index contributed by atoms with van der Waals surface area (Å²) in [4.78, 5) is 17.1. The topological polar surface area (TPSA) is 69.7 Å². The number of rotatable bonds is 5. The average Bonchev–Trinajstić information content (AvgIpc) is 2.81. The van der Waals surface area contributed by atoms with Crippen LogP contribution in [0.3, 0.4) is 0 Å². The molecule has 1 N–H and O–H groups in total. The van der Waals surface area contributed by atoms with Crippen LogP contribution in [0.15, 0.2) is 77.7 Å². The molecule has 0 aliphatic carbocycles. The number of carbonyl (C=O) groups excluding carboxylic acids is 1. The summed E-state index contributed by atoms with van der Waals surface area (Å²) in [6, 6.07) is 19.5. The Kier molecular flexibility index (Phi) is 6.14. The van der Waals surface area contributed by atoms with Gasteiger partial charge in [-0.15, -0.1) is 0 Å². The van der Waals surface area contributed by atoms with Crippen LogP contribution in [0, 0.1) is 12.7 Å². The number of benzene rings is 3. The second kappa shape index (κ2) is 9.00. The molecule has 6 nitrogen and oxygen atoms in total. The number of hydrogen-bond donors (Lipinski definition) is 1. The lowest BCUT2D eigenvalue weighted by Gasteiger charge is -2.36. The summed E-state index contributed by atoms with van der Waals surface area (Å²) in [5, 5.41) is 0. The molecule has 1 aliphatic heterocycles. The molecular weight excluding hydrogens is 429 g/mol. The van der Waals surface area contributed by atoms with Crippen molar-refractivity contribution in [3.8, 4) is 0 Å². The molecule has 0 atom stereocenters. The molecule has 0 unspecified atom stereocenters. The van der Waals surface area contributed by atoms with E-state index in [-0.39, 0.29) is 16.6 Å². The highest BCUT2D eigenvalue weighted by molar-refractivity contribution is 7.92. The van der Waals surface area contributed by atoms with Crippen molar-refractivity contribution in [2.24, 2.45) is 0 Å². The van der Waals surface area contributed by atoms with Crippen LogP contribution in [0.25, 0.3) is 0 Å². The van der Waals surface area contributed by atoms with Crippen LogP contribution in [0.4, 0.5) is 15.8 Å². The Balaban J connectivity index is 1.46. The van der Waals surface area contributed by atoms with E-state index in [1.165, 1.54) is 24.3 Å². The monoisotopic (exact) mass is 453 g/mol. The summed E-state index contributed by atoms with van der Waals surface area (Å²) in [7, 11) is -3.75. The fourth-order valence-electron chi connectivity index (χ4n) is 3.67. The summed E-state index contributed by atoms with van der Waals surface area (Å²) in [6.45, 7) is 4.11. The number of piperazine rings is 1. The van der Waals surface area contributed by atoms with Gasteiger partial charge in [0.05, 0.1) is 10.6 Å². The van der Waals surface area contributed by atoms with Crippen LogP contribution in [0.5, 0.6) is 0 Å². The molecule has 32 heavy (non-hydrogen) atoms. The van der Waals surface area contributed by atoms with Crippen molar-refractivity contribution < 1.29 is 17.6 Å². The molecule has 0 spiro atoms. The number of sulfonamides is 1. The quantitative estimate of drug-likeness (QED) is 0.636. The second-order valence-corrected chi connectivity index (χ2v) is 9.39. The van der Waals surface area contributed by atoms with E-state index in [9.17, 15) is 17.6 Å². The zero-order chi connectivity index (χ0) is 22.7. The van der Waals surface area contributed by atoms with Gasteiger partial charge in [-0.05, 0) is 61.0 Å². The molecule has 1 amide bonds. The van der Waals surface area contributed by atoms with Crippen LogP contribution in [0.1, 0.15) is 15.9 Å². The standard InChI is InChI=1S/C24H24FN3O3S/c1-18-7-8-19(17-23(18)26-32(30,31)22-5-3-2-4-6-22)24(29)28-15-13-27(14-16-28)21-11-9-20(25)10-12-21/h2-12,17,26H,13-16H2,1H3. The molecule has 3 aromatic rings. The van der Waals surface area contributed by atoms with E-state index in [2.05, 4.69) is 9.62 Å². The van der Waals surface area contributed by atoms with Gasteiger partial charge in [0.15, 0.2) is 0 Å². The second-order valence-electron chi connectivity index (χ2n) is 7.70. The van der Waals surface area contributed by atoms with Gasteiger partial charge in [0.1, 0.15) is 5.82 Å². The average molecular weight is 454 g/mol. The number of amides is 1. The molecule has 4 rings (SSSR count). The number of anilines is 2. The Hall–Kier alpha value is -3.39. The van der Waals surface area contributed by atoms with Gasteiger partial charge >= 0.3 is 0 Å². The smallest absolute Gasteiger partial charge is 0.261 e. The first-order valence-corrected chi connectivity index (χ1v) is 11.8. The largest absolute Gasteiger partial charge is 0.368 e. The predicted molar refractivity (Wildman–Crippen MR) is 123 cm³/mol. The first-order valence-electron chi connectivity index (χ1n) is 10.3. The number of aryl methyl sites for hydroxylation is 1. The van der Waals surface area contributed by atoms with Crippen molar-refractivity contribution in [1.29, 1.82) is 0 Å². The summed E-state index contributed by atoms with van der Waals surface area (Å²) in [5.74, 6) is -0.426. The van der Waals surface area contributed by atoms with Crippen LogP contribution in [0.2, 0.25) is 0 Å². The van der Waals surface area contributed by atoms with Crippen LogP contribution < -0.4 is 9.62 Å². The van der Waals surface area contributed by atoms with Gasteiger partial charge in [-0.3, -0.25) is 9.52 Å². The normalized spacial score (nSPS) is 14.3. The van der Waals surface area contributed by atoms with Crippen LogP contribution >= 0.6 is 0 Å². The van der Waals surface area contributed by atoms with E-state index in [4.69, 9.17) is 0 Å². The van der Waals surface area contributed by atoms with Crippen molar-refractivity contribution >= 4 is 27.3 Å². The number of nitrogens with zero attached hydrogens (tertiary/aromatic N) is 2. The first-order chi connectivity index (χ1) is 15.3. The van der Waals surface area contributed by atoms with Crippen LogP contribution in [-0.2, 0) is 10.0 Å². The lowest BCUT2D eigenvalue weighted by molar-refractivity contribution is 0.0747. The van der Waals surface area contributed by atoms with Crippen LogP contribution in [-0.4, -0.2) is 45.4 Å². The molecule has 8 heteroatoms. The van der Waals surface area contributed by atoms with Crippen molar-refractivity contribution in [1.82, 2.24) is 4.90 Å². The Labute approximate surface area is 187 Å². The van der Waals surface area contributed by atoms with E-state index in [0.29, 0.717) is 37.4 Å². The van der Waals surface area contributed by atoms with Gasteiger partial charge in [0.2, 0.25) is 0 Å². The van der Waals surface area contributed by atoms with Gasteiger partial charge in [-0.25, -0.2) is 12.8 Å². The zero-order valence-electron chi connectivity index (χ0n) is 17.7. The fraction of sp³-hybridized carbons (Fsp3) is 0.208. The third kappa shape index (κ3) is 4.75. The van der Waals surface area contributed by atoms with Gasteiger partial charge in [-0.2, -0.15) is 0 Å². The summed E-state index contributed by atoms with van der Waals surface area (Å²) in [5.41, 5.74) is 2.45. The Morgan fingerprint density at radius 1 is 0.906 bits per heavy atom. The minimum atomic E-state index is -3.75. The molecule has 0 bridgehead atoms. The Bertz CT molecular complexity index is 1210. The molecule has 0 aromatic heterocycles. The van der Waals surface area contributed by atoms with Crippen molar-refractivity contribution in [2.45, 2.75) is 11.8 Å². The third-order valence-electron chi connectivity index (χ3n) is 5.54. The summed E-state index contributed by atoms with van der Waals surface area (Å²) in [6.07, 6.45) is 0. The number of nitrogens with one attached hydrogen (secondary N) is 1. The zero-order valence-corrected chi connectivity index (χ0v) is 18.5. The van der Waals surface area contributed by atoms with E-state index in [0.717, 1.165) is 11.3 Å².